The lowest BCUT2D eigenvalue weighted by atomic mass is 10.00. The van der Waals surface area contributed by atoms with Gasteiger partial charge in [0.2, 0.25) is 5.91 Å². The Kier molecular flexibility index (Phi) is 5.69. The van der Waals surface area contributed by atoms with Crippen molar-refractivity contribution in [3.8, 4) is 0 Å². The third kappa shape index (κ3) is 3.82. The van der Waals surface area contributed by atoms with E-state index in [1.807, 2.05) is 0 Å². The molecule has 0 aromatic carbocycles. The van der Waals surface area contributed by atoms with Crippen molar-refractivity contribution in [2.24, 2.45) is 0 Å². The van der Waals surface area contributed by atoms with E-state index in [-0.39, 0.29) is 5.91 Å². The van der Waals surface area contributed by atoms with Crippen molar-refractivity contribution in [3.63, 3.8) is 0 Å². The highest BCUT2D eigenvalue weighted by Crippen LogP contribution is 2.19. The summed E-state index contributed by atoms with van der Waals surface area (Å²) in [5, 5.41) is 3.19. The van der Waals surface area contributed by atoms with Crippen molar-refractivity contribution in [1.82, 2.24) is 10.2 Å². The van der Waals surface area contributed by atoms with E-state index >= 15 is 0 Å². The number of carbonyl (C=O) groups is 1. The summed E-state index contributed by atoms with van der Waals surface area (Å²) in [5.41, 5.74) is 0. The molecule has 1 unspecified atom stereocenters. The molecule has 88 valence electrons. The maximum absolute atomic E-state index is 11.9. The number of nitrogens with one attached hydrogen (secondary N) is 1. The standard InChI is InChI=1S/C12H24N2O/c1-3-8-13-10-12(15)14-9-6-5-7-11(14)4-2/h11,13H,3-10H2,1-2H3. The second-order valence-electron chi connectivity index (χ2n) is 4.32. The average Bonchev–Trinajstić information content (AvgIpc) is 2.29. The quantitative estimate of drug-likeness (QED) is 0.705. The van der Waals surface area contributed by atoms with Crippen molar-refractivity contribution < 1.29 is 4.79 Å². The van der Waals surface area contributed by atoms with Gasteiger partial charge >= 0.3 is 0 Å². The van der Waals surface area contributed by atoms with Crippen molar-refractivity contribution in [3.05, 3.63) is 0 Å². The fourth-order valence-electron chi connectivity index (χ4n) is 2.23. The van der Waals surface area contributed by atoms with Crippen LogP contribution in [0.5, 0.6) is 0 Å². The van der Waals surface area contributed by atoms with E-state index in [0.717, 1.165) is 25.9 Å². The van der Waals surface area contributed by atoms with Crippen LogP contribution in [0.1, 0.15) is 46.0 Å². The van der Waals surface area contributed by atoms with Gasteiger partial charge in [-0.2, -0.15) is 0 Å². The van der Waals surface area contributed by atoms with Crippen LogP contribution in [0.3, 0.4) is 0 Å². The van der Waals surface area contributed by atoms with E-state index in [4.69, 9.17) is 0 Å². The van der Waals surface area contributed by atoms with Crippen LogP contribution in [0.4, 0.5) is 0 Å². The van der Waals surface area contributed by atoms with Gasteiger partial charge in [-0.1, -0.05) is 13.8 Å². The first-order valence-corrected chi connectivity index (χ1v) is 6.29. The molecular weight excluding hydrogens is 188 g/mol. The lowest BCUT2D eigenvalue weighted by Crippen LogP contribution is -2.47. The van der Waals surface area contributed by atoms with Crippen LogP contribution in [0.2, 0.25) is 0 Å². The van der Waals surface area contributed by atoms with Crippen LogP contribution in [0.15, 0.2) is 0 Å². The van der Waals surface area contributed by atoms with Crippen molar-refractivity contribution in [2.75, 3.05) is 19.6 Å². The Morgan fingerprint density at radius 3 is 2.87 bits per heavy atom. The number of piperidine rings is 1. The maximum Gasteiger partial charge on any atom is 0.236 e. The Bertz CT molecular complexity index is 194. The molecule has 1 heterocycles. The second kappa shape index (κ2) is 6.83. The second-order valence-corrected chi connectivity index (χ2v) is 4.32. The molecule has 0 radical (unpaired) electrons. The number of hydrogen-bond acceptors (Lipinski definition) is 2. The molecule has 0 aromatic heterocycles. The van der Waals surface area contributed by atoms with E-state index in [9.17, 15) is 4.79 Å². The molecule has 15 heavy (non-hydrogen) atoms. The van der Waals surface area contributed by atoms with E-state index < -0.39 is 0 Å². The molecule has 0 spiro atoms. The van der Waals surface area contributed by atoms with Gasteiger partial charge < -0.3 is 10.2 Å². The van der Waals surface area contributed by atoms with Crippen LogP contribution >= 0.6 is 0 Å². The monoisotopic (exact) mass is 212 g/mol. The predicted molar refractivity (Wildman–Crippen MR) is 62.8 cm³/mol. The average molecular weight is 212 g/mol. The first-order valence-electron chi connectivity index (χ1n) is 6.29. The Morgan fingerprint density at radius 2 is 2.20 bits per heavy atom. The minimum Gasteiger partial charge on any atom is -0.339 e. The van der Waals surface area contributed by atoms with Gasteiger partial charge in [-0.25, -0.2) is 0 Å². The highest BCUT2D eigenvalue weighted by atomic mass is 16.2. The lowest BCUT2D eigenvalue weighted by molar-refractivity contribution is -0.133. The fraction of sp³-hybridized carbons (Fsp3) is 0.917. The third-order valence-electron chi connectivity index (χ3n) is 3.12. The molecule has 1 saturated heterocycles. The molecule has 0 aliphatic carbocycles. The highest BCUT2D eigenvalue weighted by Gasteiger charge is 2.24. The van der Waals surface area contributed by atoms with E-state index in [0.29, 0.717) is 12.6 Å². The molecule has 0 aromatic rings. The van der Waals surface area contributed by atoms with Gasteiger partial charge in [0.25, 0.3) is 0 Å². The summed E-state index contributed by atoms with van der Waals surface area (Å²) in [6, 6.07) is 0.495. The third-order valence-corrected chi connectivity index (χ3v) is 3.12. The largest absolute Gasteiger partial charge is 0.339 e. The van der Waals surface area contributed by atoms with E-state index in [1.165, 1.54) is 19.3 Å². The Labute approximate surface area is 93.2 Å². The number of likely N-dealkylation sites (tertiary alicyclic amines) is 1. The molecule has 1 fully saturated rings. The summed E-state index contributed by atoms with van der Waals surface area (Å²) in [6.07, 6.45) is 5.83. The van der Waals surface area contributed by atoms with Crippen LogP contribution in [0, 0.1) is 0 Å². The van der Waals surface area contributed by atoms with E-state index in [2.05, 4.69) is 24.1 Å². The Hall–Kier alpha value is -0.570. The normalized spacial score (nSPS) is 21.7. The minimum atomic E-state index is 0.287. The maximum atomic E-state index is 11.9. The number of carbonyl (C=O) groups excluding carboxylic acids is 1. The summed E-state index contributed by atoms with van der Waals surface area (Å²) in [6.45, 7) is 6.72. The van der Waals surface area contributed by atoms with Gasteiger partial charge in [0.15, 0.2) is 0 Å². The first kappa shape index (κ1) is 12.5. The van der Waals surface area contributed by atoms with Gasteiger partial charge in [-0.15, -0.1) is 0 Å². The molecule has 1 atom stereocenters. The molecule has 0 saturated carbocycles. The summed E-state index contributed by atoms with van der Waals surface area (Å²) >= 11 is 0. The predicted octanol–water partition coefficient (Wildman–Crippen LogP) is 1.78. The Balaban J connectivity index is 2.34. The zero-order valence-electron chi connectivity index (χ0n) is 10.1. The van der Waals surface area contributed by atoms with Crippen molar-refractivity contribution >= 4 is 5.91 Å². The zero-order valence-corrected chi connectivity index (χ0v) is 10.1. The summed E-state index contributed by atoms with van der Waals surface area (Å²) < 4.78 is 0. The minimum absolute atomic E-state index is 0.287. The summed E-state index contributed by atoms with van der Waals surface area (Å²) in [5.74, 6) is 0.287. The molecule has 3 nitrogen and oxygen atoms in total. The Morgan fingerprint density at radius 1 is 1.40 bits per heavy atom. The number of rotatable bonds is 5. The van der Waals surface area contributed by atoms with Gasteiger partial charge in [-0.05, 0) is 38.6 Å². The van der Waals surface area contributed by atoms with Crippen LogP contribution in [-0.2, 0) is 4.79 Å². The topological polar surface area (TPSA) is 32.3 Å². The zero-order chi connectivity index (χ0) is 11.1. The first-order chi connectivity index (χ1) is 7.29. The smallest absolute Gasteiger partial charge is 0.236 e. The molecule has 1 amide bonds. The molecule has 1 N–H and O–H groups in total. The van der Waals surface area contributed by atoms with Gasteiger partial charge in [-0.3, -0.25) is 4.79 Å². The van der Waals surface area contributed by atoms with Crippen LogP contribution in [0.25, 0.3) is 0 Å². The van der Waals surface area contributed by atoms with Crippen LogP contribution in [-0.4, -0.2) is 36.5 Å². The number of amides is 1. The SMILES string of the molecule is CCCNCC(=O)N1CCCCC1CC. The molecular formula is C12H24N2O. The van der Waals surface area contributed by atoms with Gasteiger partial charge in [0.1, 0.15) is 0 Å². The van der Waals surface area contributed by atoms with Crippen LogP contribution < -0.4 is 5.32 Å². The van der Waals surface area contributed by atoms with Gasteiger partial charge in [0.05, 0.1) is 6.54 Å². The molecule has 0 bridgehead atoms. The molecule has 3 heteroatoms. The molecule has 1 rings (SSSR count). The number of hydrogen-bond donors (Lipinski definition) is 1. The lowest BCUT2D eigenvalue weighted by Gasteiger charge is -2.35. The van der Waals surface area contributed by atoms with Crippen molar-refractivity contribution in [1.29, 1.82) is 0 Å². The fourth-order valence-corrected chi connectivity index (χ4v) is 2.23. The van der Waals surface area contributed by atoms with Crippen molar-refractivity contribution in [2.45, 2.75) is 52.0 Å². The number of nitrogens with zero attached hydrogens (tertiary/aromatic N) is 1. The van der Waals surface area contributed by atoms with E-state index in [1.54, 1.807) is 0 Å². The highest BCUT2D eigenvalue weighted by molar-refractivity contribution is 5.78. The molecule has 1 aliphatic rings. The van der Waals surface area contributed by atoms with Gasteiger partial charge in [0, 0.05) is 12.6 Å². The molecule has 1 aliphatic heterocycles. The summed E-state index contributed by atoms with van der Waals surface area (Å²) in [7, 11) is 0. The summed E-state index contributed by atoms with van der Waals surface area (Å²) in [4.78, 5) is 14.0.